The van der Waals surface area contributed by atoms with Crippen LogP contribution in [0.1, 0.15) is 66.7 Å². The van der Waals surface area contributed by atoms with Gasteiger partial charge in [-0.15, -0.1) is 0 Å². The quantitative estimate of drug-likeness (QED) is 0.841. The molecule has 2 fully saturated rings. The lowest BCUT2D eigenvalue weighted by molar-refractivity contribution is -0.0844. The van der Waals surface area contributed by atoms with E-state index in [1.54, 1.807) is 0 Å². The molecule has 0 bridgehead atoms. The molecule has 1 aliphatic carbocycles. The Kier molecular flexibility index (Phi) is 4.78. The standard InChI is InChI=1S/C18H36N2O/c1-8-19-15(18(20(6)7)11-9-10-12-18)14-13-16(2,3)21-17(14,4)5/h14-15,19H,8-13H2,1-7H3. The van der Waals surface area contributed by atoms with Gasteiger partial charge in [0.2, 0.25) is 0 Å². The maximum absolute atomic E-state index is 6.40. The Morgan fingerprint density at radius 1 is 1.14 bits per heavy atom. The Hall–Kier alpha value is -0.120. The molecule has 0 aromatic carbocycles. The van der Waals surface area contributed by atoms with Gasteiger partial charge in [0.25, 0.3) is 0 Å². The third-order valence-corrected chi connectivity index (χ3v) is 5.91. The lowest BCUT2D eigenvalue weighted by atomic mass is 9.71. The first-order valence-corrected chi connectivity index (χ1v) is 8.76. The lowest BCUT2D eigenvalue weighted by Crippen LogP contribution is -2.62. The van der Waals surface area contributed by atoms with Gasteiger partial charge in [0.15, 0.2) is 0 Å². The van der Waals surface area contributed by atoms with Crippen LogP contribution in [-0.4, -0.2) is 48.3 Å². The lowest BCUT2D eigenvalue weighted by Gasteiger charge is -2.48. The molecule has 0 amide bonds. The van der Waals surface area contributed by atoms with Gasteiger partial charge in [-0.3, -0.25) is 0 Å². The average molecular weight is 296 g/mol. The third kappa shape index (κ3) is 3.16. The van der Waals surface area contributed by atoms with E-state index in [0.29, 0.717) is 17.5 Å². The smallest absolute Gasteiger partial charge is 0.0678 e. The summed E-state index contributed by atoms with van der Waals surface area (Å²) < 4.78 is 6.40. The first-order chi connectivity index (χ1) is 9.65. The van der Waals surface area contributed by atoms with Crippen molar-refractivity contribution in [2.24, 2.45) is 5.92 Å². The van der Waals surface area contributed by atoms with Gasteiger partial charge in [-0.05, 0) is 67.6 Å². The number of hydrogen-bond acceptors (Lipinski definition) is 3. The van der Waals surface area contributed by atoms with Gasteiger partial charge < -0.3 is 15.0 Å². The van der Waals surface area contributed by atoms with Gasteiger partial charge in [0, 0.05) is 17.5 Å². The summed E-state index contributed by atoms with van der Waals surface area (Å²) in [6, 6.07) is 0.511. The van der Waals surface area contributed by atoms with E-state index in [0.717, 1.165) is 13.0 Å². The van der Waals surface area contributed by atoms with E-state index in [1.165, 1.54) is 25.7 Å². The first kappa shape index (κ1) is 17.2. The molecule has 2 atom stereocenters. The Balaban J connectivity index is 2.34. The van der Waals surface area contributed by atoms with Gasteiger partial charge in [-0.2, -0.15) is 0 Å². The molecule has 1 heterocycles. The highest BCUT2D eigenvalue weighted by molar-refractivity contribution is 5.10. The number of hydrogen-bond donors (Lipinski definition) is 1. The zero-order valence-electron chi connectivity index (χ0n) is 15.3. The van der Waals surface area contributed by atoms with Crippen LogP contribution in [0.5, 0.6) is 0 Å². The highest BCUT2D eigenvalue weighted by atomic mass is 16.5. The van der Waals surface area contributed by atoms with Gasteiger partial charge in [0.05, 0.1) is 11.2 Å². The molecule has 1 aliphatic heterocycles. The summed E-state index contributed by atoms with van der Waals surface area (Å²) in [5.74, 6) is 0.563. The normalized spacial score (nSPS) is 31.7. The van der Waals surface area contributed by atoms with E-state index in [1.807, 2.05) is 0 Å². The Morgan fingerprint density at radius 3 is 2.10 bits per heavy atom. The number of ether oxygens (including phenoxy) is 1. The van der Waals surface area contributed by atoms with Crippen molar-refractivity contribution in [1.29, 1.82) is 0 Å². The first-order valence-electron chi connectivity index (χ1n) is 8.76. The summed E-state index contributed by atoms with van der Waals surface area (Å²) in [6.45, 7) is 12.3. The van der Waals surface area contributed by atoms with E-state index in [-0.39, 0.29) is 11.2 Å². The highest BCUT2D eigenvalue weighted by Gasteiger charge is 2.55. The van der Waals surface area contributed by atoms with Crippen LogP contribution < -0.4 is 5.32 Å². The van der Waals surface area contributed by atoms with Crippen molar-refractivity contribution < 1.29 is 4.74 Å². The molecule has 3 heteroatoms. The summed E-state index contributed by atoms with van der Waals surface area (Å²) in [4.78, 5) is 2.49. The van der Waals surface area contributed by atoms with Crippen molar-refractivity contribution >= 4 is 0 Å². The van der Waals surface area contributed by atoms with Crippen molar-refractivity contribution in [1.82, 2.24) is 10.2 Å². The van der Waals surface area contributed by atoms with Gasteiger partial charge in [0.1, 0.15) is 0 Å². The van der Waals surface area contributed by atoms with E-state index in [4.69, 9.17) is 4.74 Å². The SMILES string of the molecule is CCNC(C1CC(C)(C)OC1(C)C)C1(N(C)C)CCCC1. The molecule has 0 aromatic heterocycles. The molecule has 1 N–H and O–H groups in total. The number of nitrogens with one attached hydrogen (secondary N) is 1. The fraction of sp³-hybridized carbons (Fsp3) is 1.00. The second kappa shape index (κ2) is 5.82. The minimum atomic E-state index is -0.0536. The van der Waals surface area contributed by atoms with E-state index in [9.17, 15) is 0 Å². The van der Waals surface area contributed by atoms with Crippen LogP contribution in [0, 0.1) is 5.92 Å². The number of likely N-dealkylation sites (N-methyl/N-ethyl adjacent to an activating group) is 2. The fourth-order valence-corrected chi connectivity index (χ4v) is 5.07. The molecule has 2 aliphatic rings. The van der Waals surface area contributed by atoms with Gasteiger partial charge in [-0.1, -0.05) is 19.8 Å². The molecule has 2 unspecified atom stereocenters. The van der Waals surface area contributed by atoms with Crippen LogP contribution in [0.4, 0.5) is 0 Å². The van der Waals surface area contributed by atoms with Crippen molar-refractivity contribution in [3.8, 4) is 0 Å². The van der Waals surface area contributed by atoms with Crippen LogP contribution in [-0.2, 0) is 4.74 Å². The van der Waals surface area contributed by atoms with Crippen molar-refractivity contribution in [2.45, 2.75) is 89.5 Å². The molecule has 2 rings (SSSR count). The minimum absolute atomic E-state index is 0.00601. The van der Waals surface area contributed by atoms with Crippen LogP contribution in [0.2, 0.25) is 0 Å². The molecule has 21 heavy (non-hydrogen) atoms. The van der Waals surface area contributed by atoms with Crippen LogP contribution in [0.3, 0.4) is 0 Å². The predicted molar refractivity (Wildman–Crippen MR) is 89.7 cm³/mol. The van der Waals surface area contributed by atoms with Gasteiger partial charge in [-0.25, -0.2) is 0 Å². The van der Waals surface area contributed by atoms with Crippen molar-refractivity contribution in [3.05, 3.63) is 0 Å². The Labute approximate surface area is 131 Å². The molecule has 0 radical (unpaired) electrons. The van der Waals surface area contributed by atoms with E-state index < -0.39 is 0 Å². The largest absolute Gasteiger partial charge is 0.369 e. The number of rotatable bonds is 5. The average Bonchev–Trinajstić information content (AvgIpc) is 2.89. The minimum Gasteiger partial charge on any atom is -0.369 e. The van der Waals surface area contributed by atoms with Crippen LogP contribution >= 0.6 is 0 Å². The van der Waals surface area contributed by atoms with Gasteiger partial charge >= 0.3 is 0 Å². The summed E-state index contributed by atoms with van der Waals surface area (Å²) in [5, 5.41) is 3.86. The summed E-state index contributed by atoms with van der Waals surface area (Å²) in [5.41, 5.74) is 0.234. The van der Waals surface area contributed by atoms with E-state index in [2.05, 4.69) is 58.9 Å². The second-order valence-corrected chi connectivity index (χ2v) is 8.52. The molecular formula is C18H36N2O. The molecule has 0 spiro atoms. The summed E-state index contributed by atoms with van der Waals surface area (Å²) in [7, 11) is 4.53. The third-order valence-electron chi connectivity index (χ3n) is 5.91. The van der Waals surface area contributed by atoms with Crippen molar-refractivity contribution in [2.75, 3.05) is 20.6 Å². The zero-order chi connectivity index (χ0) is 15.9. The van der Waals surface area contributed by atoms with Crippen LogP contribution in [0.15, 0.2) is 0 Å². The Bertz CT molecular complexity index is 356. The molecule has 0 aromatic rings. The summed E-state index contributed by atoms with van der Waals surface area (Å²) >= 11 is 0. The van der Waals surface area contributed by atoms with Crippen LogP contribution in [0.25, 0.3) is 0 Å². The van der Waals surface area contributed by atoms with E-state index >= 15 is 0 Å². The van der Waals surface area contributed by atoms with Crippen molar-refractivity contribution in [3.63, 3.8) is 0 Å². The topological polar surface area (TPSA) is 24.5 Å². The zero-order valence-corrected chi connectivity index (χ0v) is 15.3. The molecule has 3 nitrogen and oxygen atoms in total. The molecule has 124 valence electrons. The highest BCUT2D eigenvalue weighted by Crippen LogP contribution is 2.49. The predicted octanol–water partition coefficient (Wildman–Crippen LogP) is 3.43. The number of nitrogens with zero attached hydrogens (tertiary/aromatic N) is 1. The summed E-state index contributed by atoms with van der Waals surface area (Å²) in [6.07, 6.45) is 6.48. The molecule has 1 saturated heterocycles. The molecule has 1 saturated carbocycles. The fourth-order valence-electron chi connectivity index (χ4n) is 5.07. The molecular weight excluding hydrogens is 260 g/mol. The maximum atomic E-state index is 6.40. The monoisotopic (exact) mass is 296 g/mol. The maximum Gasteiger partial charge on any atom is 0.0678 e. The second-order valence-electron chi connectivity index (χ2n) is 8.52. The Morgan fingerprint density at radius 2 is 1.71 bits per heavy atom.